The number of hydrogen-bond acceptors (Lipinski definition) is 6. The molecule has 8 heteroatoms. The summed E-state index contributed by atoms with van der Waals surface area (Å²) in [6, 6.07) is 1.87. The number of rotatable bonds is 3. The standard InChI is InChI=1S/C21H27N5O3/c1-24-6-8-26(9-7-24)21(28)16-13-29-19-11-22-17(10-15(16)19)20(27)23-18-12-25-4-2-14(18)3-5-25/h10-11,13-14,18H,2-9,12H2,1H3,(H,23,27). The van der Waals surface area contributed by atoms with Crippen molar-refractivity contribution < 1.29 is 14.0 Å². The monoisotopic (exact) mass is 397 g/mol. The SMILES string of the molecule is CN1CCN(C(=O)c2coc3cnc(C(=O)NC4CN5CCC4CC5)cc23)CC1. The first-order valence-electron chi connectivity index (χ1n) is 10.5. The fourth-order valence-corrected chi connectivity index (χ4v) is 4.77. The average molecular weight is 397 g/mol. The molecule has 1 atom stereocenters. The van der Waals surface area contributed by atoms with E-state index in [0.29, 0.717) is 41.2 Å². The van der Waals surface area contributed by atoms with E-state index in [4.69, 9.17) is 4.42 Å². The number of piperazine rings is 1. The lowest BCUT2D eigenvalue weighted by Crippen LogP contribution is -2.57. The lowest BCUT2D eigenvalue weighted by Gasteiger charge is -2.44. The highest BCUT2D eigenvalue weighted by Crippen LogP contribution is 2.28. The van der Waals surface area contributed by atoms with E-state index in [9.17, 15) is 9.59 Å². The van der Waals surface area contributed by atoms with Gasteiger partial charge in [-0.25, -0.2) is 4.98 Å². The highest BCUT2D eigenvalue weighted by molar-refractivity contribution is 6.07. The van der Waals surface area contributed by atoms with Crippen molar-refractivity contribution in [3.8, 4) is 0 Å². The number of carbonyl (C=O) groups excluding carboxylic acids is 2. The molecular formula is C21H27N5O3. The zero-order chi connectivity index (χ0) is 20.0. The second-order valence-electron chi connectivity index (χ2n) is 8.53. The molecule has 2 aromatic rings. The Balaban J connectivity index is 1.35. The maximum absolute atomic E-state index is 13.0. The quantitative estimate of drug-likeness (QED) is 0.834. The molecule has 0 radical (unpaired) electrons. The molecule has 4 saturated heterocycles. The smallest absolute Gasteiger partial charge is 0.270 e. The van der Waals surface area contributed by atoms with Crippen LogP contribution >= 0.6 is 0 Å². The number of fused-ring (bicyclic) bond motifs is 4. The third-order valence-electron chi connectivity index (χ3n) is 6.69. The van der Waals surface area contributed by atoms with E-state index >= 15 is 0 Å². The largest absolute Gasteiger partial charge is 0.462 e. The number of aromatic nitrogens is 1. The van der Waals surface area contributed by atoms with Gasteiger partial charge < -0.3 is 24.4 Å². The molecule has 4 aliphatic heterocycles. The molecule has 4 aliphatic rings. The number of pyridine rings is 1. The van der Waals surface area contributed by atoms with Gasteiger partial charge in [-0.2, -0.15) is 0 Å². The molecule has 29 heavy (non-hydrogen) atoms. The van der Waals surface area contributed by atoms with Crippen molar-refractivity contribution in [1.29, 1.82) is 0 Å². The third-order valence-corrected chi connectivity index (χ3v) is 6.69. The van der Waals surface area contributed by atoms with Gasteiger partial charge in [-0.1, -0.05) is 0 Å². The van der Waals surface area contributed by atoms with Crippen molar-refractivity contribution >= 4 is 22.8 Å². The maximum atomic E-state index is 13.0. The van der Waals surface area contributed by atoms with Crippen LogP contribution in [0.25, 0.3) is 11.0 Å². The molecule has 0 saturated carbocycles. The lowest BCUT2D eigenvalue weighted by atomic mass is 9.84. The number of carbonyl (C=O) groups is 2. The van der Waals surface area contributed by atoms with Crippen LogP contribution in [-0.2, 0) is 0 Å². The van der Waals surface area contributed by atoms with Crippen LogP contribution in [0.15, 0.2) is 22.9 Å². The van der Waals surface area contributed by atoms with Gasteiger partial charge in [0.15, 0.2) is 5.58 Å². The molecule has 2 bridgehead atoms. The van der Waals surface area contributed by atoms with E-state index in [0.717, 1.165) is 45.6 Å². The minimum atomic E-state index is -0.176. The molecule has 0 aliphatic carbocycles. The minimum Gasteiger partial charge on any atom is -0.462 e. The molecule has 154 valence electrons. The van der Waals surface area contributed by atoms with Gasteiger partial charge >= 0.3 is 0 Å². The number of hydrogen-bond donors (Lipinski definition) is 1. The Morgan fingerprint density at radius 3 is 2.59 bits per heavy atom. The fourth-order valence-electron chi connectivity index (χ4n) is 4.77. The summed E-state index contributed by atoms with van der Waals surface area (Å²) in [7, 11) is 2.06. The Kier molecular flexibility index (Phi) is 4.75. The van der Waals surface area contributed by atoms with Crippen LogP contribution in [0.2, 0.25) is 0 Å². The van der Waals surface area contributed by atoms with Gasteiger partial charge in [-0.15, -0.1) is 0 Å². The Bertz CT molecular complexity index is 926. The van der Waals surface area contributed by atoms with Crippen molar-refractivity contribution in [3.63, 3.8) is 0 Å². The van der Waals surface area contributed by atoms with Crippen molar-refractivity contribution in [3.05, 3.63) is 29.8 Å². The van der Waals surface area contributed by atoms with Crippen LogP contribution in [0.5, 0.6) is 0 Å². The normalized spacial score (nSPS) is 27.3. The highest BCUT2D eigenvalue weighted by Gasteiger charge is 2.35. The average Bonchev–Trinajstić information content (AvgIpc) is 3.18. The molecule has 2 aromatic heterocycles. The van der Waals surface area contributed by atoms with E-state index < -0.39 is 0 Å². The van der Waals surface area contributed by atoms with E-state index in [1.54, 1.807) is 12.3 Å². The summed E-state index contributed by atoms with van der Waals surface area (Å²) in [5.74, 6) is 0.327. The number of piperidine rings is 3. The number of nitrogens with zero attached hydrogens (tertiary/aromatic N) is 4. The van der Waals surface area contributed by atoms with E-state index in [1.165, 1.54) is 6.26 Å². The third kappa shape index (κ3) is 3.51. The van der Waals surface area contributed by atoms with Gasteiger partial charge in [0.2, 0.25) is 0 Å². The molecule has 4 fully saturated rings. The van der Waals surface area contributed by atoms with Gasteiger partial charge in [-0.05, 0) is 45.0 Å². The summed E-state index contributed by atoms with van der Waals surface area (Å²) in [6.07, 6.45) is 5.31. The van der Waals surface area contributed by atoms with Crippen LogP contribution < -0.4 is 5.32 Å². The molecule has 1 N–H and O–H groups in total. The Morgan fingerprint density at radius 2 is 1.90 bits per heavy atom. The van der Waals surface area contributed by atoms with Crippen molar-refractivity contribution in [1.82, 2.24) is 25.0 Å². The van der Waals surface area contributed by atoms with Crippen molar-refractivity contribution in [2.45, 2.75) is 18.9 Å². The van der Waals surface area contributed by atoms with Gasteiger partial charge in [0.05, 0.1) is 11.8 Å². The first-order chi connectivity index (χ1) is 14.1. The first-order valence-corrected chi connectivity index (χ1v) is 10.5. The van der Waals surface area contributed by atoms with Crippen LogP contribution in [0.4, 0.5) is 0 Å². The molecule has 0 aromatic carbocycles. The van der Waals surface area contributed by atoms with Crippen LogP contribution in [0, 0.1) is 5.92 Å². The van der Waals surface area contributed by atoms with E-state index in [1.807, 2.05) is 4.90 Å². The van der Waals surface area contributed by atoms with Crippen LogP contribution in [0.3, 0.4) is 0 Å². The zero-order valence-electron chi connectivity index (χ0n) is 16.8. The topological polar surface area (TPSA) is 81.9 Å². The summed E-state index contributed by atoms with van der Waals surface area (Å²) in [6.45, 7) is 6.28. The molecule has 2 amide bonds. The second-order valence-corrected chi connectivity index (χ2v) is 8.53. The summed E-state index contributed by atoms with van der Waals surface area (Å²) in [4.78, 5) is 36.6. The predicted octanol–water partition coefficient (Wildman–Crippen LogP) is 1.04. The first kappa shape index (κ1) is 18.6. The number of amides is 2. The lowest BCUT2D eigenvalue weighted by molar-refractivity contribution is 0.0617. The molecular weight excluding hydrogens is 370 g/mol. The fraction of sp³-hybridized carbons (Fsp3) is 0.571. The van der Waals surface area contributed by atoms with E-state index in [2.05, 4.69) is 27.1 Å². The summed E-state index contributed by atoms with van der Waals surface area (Å²) in [5, 5.41) is 3.82. The number of nitrogens with one attached hydrogen (secondary N) is 1. The highest BCUT2D eigenvalue weighted by atomic mass is 16.3. The summed E-state index contributed by atoms with van der Waals surface area (Å²) in [5.41, 5.74) is 1.37. The molecule has 8 nitrogen and oxygen atoms in total. The second kappa shape index (κ2) is 7.42. The van der Waals surface area contributed by atoms with Crippen molar-refractivity contribution in [2.24, 2.45) is 5.92 Å². The number of likely N-dealkylation sites (N-methyl/N-ethyl adjacent to an activating group) is 1. The van der Waals surface area contributed by atoms with Crippen LogP contribution in [0.1, 0.15) is 33.7 Å². The summed E-state index contributed by atoms with van der Waals surface area (Å²) < 4.78 is 5.55. The molecule has 1 unspecified atom stereocenters. The van der Waals surface area contributed by atoms with Gasteiger partial charge in [-0.3, -0.25) is 9.59 Å². The Hall–Kier alpha value is -2.45. The van der Waals surface area contributed by atoms with Gasteiger partial charge in [0, 0.05) is 44.2 Å². The number of furan rings is 1. The Morgan fingerprint density at radius 1 is 1.14 bits per heavy atom. The predicted molar refractivity (Wildman–Crippen MR) is 108 cm³/mol. The maximum Gasteiger partial charge on any atom is 0.270 e. The van der Waals surface area contributed by atoms with Crippen molar-refractivity contribution in [2.75, 3.05) is 52.9 Å². The molecule has 6 rings (SSSR count). The van der Waals surface area contributed by atoms with Gasteiger partial charge in [0.1, 0.15) is 12.0 Å². The minimum absolute atomic E-state index is 0.0493. The van der Waals surface area contributed by atoms with Crippen LogP contribution in [-0.4, -0.2) is 90.4 Å². The summed E-state index contributed by atoms with van der Waals surface area (Å²) >= 11 is 0. The van der Waals surface area contributed by atoms with Gasteiger partial charge in [0.25, 0.3) is 11.8 Å². The Labute approximate surface area is 169 Å². The molecule has 6 heterocycles. The molecule has 0 spiro atoms. The van der Waals surface area contributed by atoms with E-state index in [-0.39, 0.29) is 17.9 Å². The zero-order valence-corrected chi connectivity index (χ0v) is 16.8.